The van der Waals surface area contributed by atoms with Crippen LogP contribution >= 0.6 is 15.9 Å². The van der Waals surface area contributed by atoms with E-state index in [1.165, 1.54) is 25.3 Å². The topological polar surface area (TPSA) is 96.7 Å². The van der Waals surface area contributed by atoms with E-state index < -0.39 is 24.3 Å². The molecule has 0 heterocycles. The van der Waals surface area contributed by atoms with Gasteiger partial charge >= 0.3 is 5.97 Å². The van der Waals surface area contributed by atoms with Crippen molar-refractivity contribution < 1.29 is 28.2 Å². The minimum atomic E-state index is -0.746. The fourth-order valence-corrected chi connectivity index (χ4v) is 3.11. The summed E-state index contributed by atoms with van der Waals surface area (Å²) in [6.45, 7) is -0.679. The summed E-state index contributed by atoms with van der Waals surface area (Å²) < 4.78 is 24.9. The van der Waals surface area contributed by atoms with Crippen molar-refractivity contribution in [1.82, 2.24) is 0 Å². The Morgan fingerprint density at radius 2 is 1.90 bits per heavy atom. The van der Waals surface area contributed by atoms with Crippen molar-refractivity contribution >= 4 is 39.3 Å². The molecule has 0 aliphatic rings. The van der Waals surface area contributed by atoms with Gasteiger partial charge in [-0.2, -0.15) is 5.26 Å². The Labute approximate surface area is 187 Å². The molecule has 31 heavy (non-hydrogen) atoms. The standard InChI is InChI=1S/C22H20BrFN2O5/c1-30-20-9-7-15(23)13-16(20)19(27)8-10-22(29)31-14-21(28)26(12-4-11-25)18-6-3-2-5-17(18)24/h2-3,5-7,9,13H,4,8,10,12,14H2,1H3. The lowest BCUT2D eigenvalue weighted by atomic mass is 10.1. The Kier molecular flexibility index (Phi) is 9.15. The number of Topliss-reactive ketones (excluding diaryl/α,β-unsaturated/α-hetero) is 1. The van der Waals surface area contributed by atoms with Gasteiger partial charge in [0.05, 0.1) is 37.3 Å². The van der Waals surface area contributed by atoms with Crippen LogP contribution in [0.1, 0.15) is 29.6 Å². The molecule has 1 amide bonds. The number of carbonyl (C=O) groups is 3. The number of ketones is 1. The Balaban J connectivity index is 1.94. The molecule has 0 aliphatic heterocycles. The second-order valence-corrected chi connectivity index (χ2v) is 7.25. The van der Waals surface area contributed by atoms with Crippen LogP contribution < -0.4 is 9.64 Å². The molecule has 7 nitrogen and oxygen atoms in total. The Bertz CT molecular complexity index is 1010. The molecule has 0 aliphatic carbocycles. The van der Waals surface area contributed by atoms with Crippen LogP contribution in [-0.4, -0.2) is 37.9 Å². The minimum absolute atomic E-state index is 0.00396. The maximum Gasteiger partial charge on any atom is 0.306 e. The summed E-state index contributed by atoms with van der Waals surface area (Å²) in [4.78, 5) is 38.0. The third-order valence-electron chi connectivity index (χ3n) is 4.27. The molecule has 0 saturated heterocycles. The maximum atomic E-state index is 14.1. The highest BCUT2D eigenvalue weighted by molar-refractivity contribution is 9.10. The van der Waals surface area contributed by atoms with Gasteiger partial charge in [0, 0.05) is 17.4 Å². The van der Waals surface area contributed by atoms with Gasteiger partial charge in [0.25, 0.3) is 5.91 Å². The number of hydrogen-bond donors (Lipinski definition) is 0. The van der Waals surface area contributed by atoms with E-state index in [2.05, 4.69) is 15.9 Å². The second-order valence-electron chi connectivity index (χ2n) is 6.33. The third-order valence-corrected chi connectivity index (χ3v) is 4.76. The number of anilines is 1. The second kappa shape index (κ2) is 11.8. The lowest BCUT2D eigenvalue weighted by molar-refractivity contribution is -0.147. The van der Waals surface area contributed by atoms with Gasteiger partial charge in [0.15, 0.2) is 12.4 Å². The molecule has 0 saturated carbocycles. The fourth-order valence-electron chi connectivity index (χ4n) is 2.75. The van der Waals surface area contributed by atoms with Gasteiger partial charge in [-0.25, -0.2) is 4.39 Å². The molecular weight excluding hydrogens is 471 g/mol. The van der Waals surface area contributed by atoms with Crippen LogP contribution in [0.5, 0.6) is 5.75 Å². The molecule has 162 valence electrons. The van der Waals surface area contributed by atoms with E-state index in [9.17, 15) is 18.8 Å². The zero-order chi connectivity index (χ0) is 22.8. The molecule has 2 aromatic carbocycles. The highest BCUT2D eigenvalue weighted by Gasteiger charge is 2.21. The van der Waals surface area contributed by atoms with Crippen molar-refractivity contribution in [2.45, 2.75) is 19.3 Å². The number of ether oxygens (including phenoxy) is 2. The molecule has 2 aromatic rings. The number of nitriles is 1. The van der Waals surface area contributed by atoms with Gasteiger partial charge in [0.1, 0.15) is 11.6 Å². The summed E-state index contributed by atoms with van der Waals surface area (Å²) in [5.74, 6) is -1.98. The van der Waals surface area contributed by atoms with E-state index in [0.29, 0.717) is 15.8 Å². The molecule has 2 rings (SSSR count). The van der Waals surface area contributed by atoms with E-state index in [-0.39, 0.29) is 37.3 Å². The zero-order valence-electron chi connectivity index (χ0n) is 16.8. The van der Waals surface area contributed by atoms with Crippen molar-refractivity contribution in [2.24, 2.45) is 0 Å². The average molecular weight is 491 g/mol. The molecule has 0 spiro atoms. The first-order valence-corrected chi connectivity index (χ1v) is 10.1. The van der Waals surface area contributed by atoms with Crippen LogP contribution in [0.15, 0.2) is 46.9 Å². The first kappa shape index (κ1) is 24.0. The third kappa shape index (κ3) is 6.89. The molecular formula is C22H20BrFN2O5. The van der Waals surface area contributed by atoms with Crippen molar-refractivity contribution in [2.75, 3.05) is 25.2 Å². The van der Waals surface area contributed by atoms with Gasteiger partial charge < -0.3 is 14.4 Å². The molecule has 0 N–H and O–H groups in total. The summed E-state index contributed by atoms with van der Waals surface area (Å²) in [5, 5.41) is 8.79. The summed E-state index contributed by atoms with van der Waals surface area (Å²) in [5.41, 5.74) is 0.318. The minimum Gasteiger partial charge on any atom is -0.496 e. The Hall–Kier alpha value is -3.25. The number of hydrogen-bond acceptors (Lipinski definition) is 6. The van der Waals surface area contributed by atoms with Crippen LogP contribution in [0.3, 0.4) is 0 Å². The number of benzene rings is 2. The smallest absolute Gasteiger partial charge is 0.306 e. The number of methoxy groups -OCH3 is 1. The van der Waals surface area contributed by atoms with E-state index in [1.807, 2.05) is 6.07 Å². The van der Waals surface area contributed by atoms with Crippen LogP contribution in [0.25, 0.3) is 0 Å². The first-order valence-electron chi connectivity index (χ1n) is 9.31. The number of nitrogens with zero attached hydrogens (tertiary/aromatic N) is 2. The molecule has 0 aromatic heterocycles. The van der Waals surface area contributed by atoms with Crippen molar-refractivity contribution in [3.05, 3.63) is 58.3 Å². The van der Waals surface area contributed by atoms with Crippen LogP contribution in [0.2, 0.25) is 0 Å². The predicted molar refractivity (Wildman–Crippen MR) is 114 cm³/mol. The van der Waals surface area contributed by atoms with Crippen molar-refractivity contribution in [3.8, 4) is 11.8 Å². The Morgan fingerprint density at radius 1 is 1.16 bits per heavy atom. The van der Waals surface area contributed by atoms with Gasteiger partial charge in [0.2, 0.25) is 0 Å². The molecule has 0 bridgehead atoms. The number of halogens is 2. The largest absolute Gasteiger partial charge is 0.496 e. The summed E-state index contributed by atoms with van der Waals surface area (Å²) in [6.07, 6.45) is -0.387. The molecule has 9 heteroatoms. The highest BCUT2D eigenvalue weighted by Crippen LogP contribution is 2.25. The molecule has 0 fully saturated rings. The quantitative estimate of drug-likeness (QED) is 0.368. The van der Waals surface area contributed by atoms with Crippen LogP contribution in [0.4, 0.5) is 10.1 Å². The van der Waals surface area contributed by atoms with E-state index in [1.54, 1.807) is 24.3 Å². The van der Waals surface area contributed by atoms with E-state index in [4.69, 9.17) is 14.7 Å². The van der Waals surface area contributed by atoms with E-state index in [0.717, 1.165) is 4.90 Å². The lowest BCUT2D eigenvalue weighted by Gasteiger charge is -2.22. The normalized spacial score (nSPS) is 10.1. The number of rotatable bonds is 10. The Morgan fingerprint density at radius 3 is 2.58 bits per heavy atom. The van der Waals surface area contributed by atoms with Gasteiger partial charge in [-0.15, -0.1) is 0 Å². The van der Waals surface area contributed by atoms with Gasteiger partial charge in [-0.05, 0) is 30.3 Å². The summed E-state index contributed by atoms with van der Waals surface area (Å²) >= 11 is 3.28. The fraction of sp³-hybridized carbons (Fsp3) is 0.273. The maximum absolute atomic E-state index is 14.1. The number of para-hydroxylation sites is 1. The zero-order valence-corrected chi connectivity index (χ0v) is 18.4. The monoisotopic (exact) mass is 490 g/mol. The molecule has 0 radical (unpaired) electrons. The first-order chi connectivity index (χ1) is 14.9. The number of esters is 1. The lowest BCUT2D eigenvalue weighted by Crippen LogP contribution is -2.36. The van der Waals surface area contributed by atoms with Crippen molar-refractivity contribution in [1.29, 1.82) is 5.26 Å². The average Bonchev–Trinajstić information content (AvgIpc) is 2.77. The predicted octanol–water partition coefficient (Wildman–Crippen LogP) is 4.05. The van der Waals surface area contributed by atoms with Gasteiger partial charge in [-0.1, -0.05) is 28.1 Å². The van der Waals surface area contributed by atoms with Gasteiger partial charge in [-0.3, -0.25) is 14.4 Å². The summed E-state index contributed by atoms with van der Waals surface area (Å²) in [7, 11) is 1.44. The van der Waals surface area contributed by atoms with E-state index >= 15 is 0 Å². The number of carbonyl (C=O) groups excluding carboxylic acids is 3. The number of amides is 1. The van der Waals surface area contributed by atoms with Crippen molar-refractivity contribution in [3.63, 3.8) is 0 Å². The van der Waals surface area contributed by atoms with Crippen LogP contribution in [0, 0.1) is 17.1 Å². The highest BCUT2D eigenvalue weighted by atomic mass is 79.9. The summed E-state index contributed by atoms with van der Waals surface area (Å²) in [6, 6.07) is 12.5. The van der Waals surface area contributed by atoms with Crippen LogP contribution in [-0.2, 0) is 14.3 Å². The molecule has 0 atom stereocenters. The SMILES string of the molecule is COc1ccc(Br)cc1C(=O)CCC(=O)OCC(=O)N(CCC#N)c1ccccc1F. The molecule has 0 unspecified atom stereocenters.